The maximum Gasteiger partial charge on any atom is 0.346 e. The molecule has 3 aromatic heterocycles. The van der Waals surface area contributed by atoms with Gasteiger partial charge in [-0.25, -0.2) is 4.79 Å². The molecule has 224 valence electrons. The van der Waals surface area contributed by atoms with Crippen LogP contribution in [0.15, 0.2) is 155 Å². The first kappa shape index (κ1) is 25.8. The third-order valence-corrected chi connectivity index (χ3v) is 10.4. The normalized spacial score (nSPS) is 12.6. The minimum absolute atomic E-state index is 0.324. The lowest BCUT2D eigenvalue weighted by Gasteiger charge is -2.14. The molecule has 1 aliphatic carbocycles. The van der Waals surface area contributed by atoms with Crippen LogP contribution in [0.5, 0.6) is 0 Å². The number of aromatic nitrogens is 2. The predicted octanol–water partition coefficient (Wildman–Crippen LogP) is 10.7. The van der Waals surface area contributed by atoms with Crippen LogP contribution in [0.3, 0.4) is 0 Å². The van der Waals surface area contributed by atoms with Crippen LogP contribution in [0, 0.1) is 0 Å². The van der Waals surface area contributed by atoms with Gasteiger partial charge in [-0.15, -0.1) is 0 Å². The second-order valence-electron chi connectivity index (χ2n) is 12.8. The molecular weight excluding hydrogens is 588 g/mol. The van der Waals surface area contributed by atoms with Crippen LogP contribution in [0.25, 0.3) is 87.9 Å². The monoisotopic (exact) mass is 614 g/mol. The van der Waals surface area contributed by atoms with E-state index in [1.54, 1.807) is 0 Å². The van der Waals surface area contributed by atoms with Gasteiger partial charge in [0.2, 0.25) is 0 Å². The van der Waals surface area contributed by atoms with Gasteiger partial charge in [0.25, 0.3) is 0 Å². The number of nitrogens with zero attached hydrogens (tertiary/aromatic N) is 2. The molecule has 0 fully saturated rings. The Hall–Kier alpha value is -6.39. The minimum atomic E-state index is -0.324. The lowest BCUT2D eigenvalue weighted by molar-refractivity contribution is 0.570. The molecule has 11 rings (SSSR count). The zero-order valence-electron chi connectivity index (χ0n) is 25.8. The summed E-state index contributed by atoms with van der Waals surface area (Å²) in [6.07, 6.45) is 0.916. The van der Waals surface area contributed by atoms with Crippen LogP contribution in [0.2, 0.25) is 0 Å². The molecule has 0 aliphatic heterocycles. The Kier molecular flexibility index (Phi) is 5.01. The zero-order chi connectivity index (χ0) is 31.5. The van der Waals surface area contributed by atoms with Gasteiger partial charge in [-0.05, 0) is 64.7 Å². The predicted molar refractivity (Wildman–Crippen MR) is 197 cm³/mol. The van der Waals surface area contributed by atoms with Crippen LogP contribution in [-0.4, -0.2) is 9.13 Å². The molecule has 0 N–H and O–H groups in total. The minimum Gasteiger partial charge on any atom is -0.422 e. The number of rotatable bonds is 2. The van der Waals surface area contributed by atoms with E-state index in [-0.39, 0.29) is 5.63 Å². The molecule has 0 saturated heterocycles. The third kappa shape index (κ3) is 3.31. The Labute approximate surface area is 274 Å². The molecule has 0 unspecified atom stereocenters. The number of hydrogen-bond acceptors (Lipinski definition) is 2. The summed E-state index contributed by atoms with van der Waals surface area (Å²) >= 11 is 0. The summed E-state index contributed by atoms with van der Waals surface area (Å²) in [6, 6.07) is 51.3. The van der Waals surface area contributed by atoms with E-state index in [1.165, 1.54) is 44.2 Å². The molecule has 7 aromatic carbocycles. The fraction of sp³-hybridized carbons (Fsp3) is 0.0227. The summed E-state index contributed by atoms with van der Waals surface area (Å²) in [6.45, 7) is 0. The zero-order valence-corrected chi connectivity index (χ0v) is 25.8. The largest absolute Gasteiger partial charge is 0.422 e. The first-order chi connectivity index (χ1) is 23.7. The molecule has 4 nitrogen and oxygen atoms in total. The second-order valence-corrected chi connectivity index (χ2v) is 12.8. The van der Waals surface area contributed by atoms with Crippen LogP contribution < -0.4 is 5.63 Å². The number of hydrogen-bond donors (Lipinski definition) is 0. The summed E-state index contributed by atoms with van der Waals surface area (Å²) in [5.41, 5.74) is 12.1. The van der Waals surface area contributed by atoms with Gasteiger partial charge in [0.15, 0.2) is 0 Å². The topological polar surface area (TPSA) is 40.1 Å². The number of benzene rings is 7. The molecule has 0 amide bonds. The van der Waals surface area contributed by atoms with E-state index in [2.05, 4.69) is 130 Å². The molecule has 1 aliphatic rings. The maximum atomic E-state index is 13.8. The highest BCUT2D eigenvalue weighted by Crippen LogP contribution is 2.43. The van der Waals surface area contributed by atoms with E-state index in [0.29, 0.717) is 11.0 Å². The Morgan fingerprint density at radius 2 is 1.17 bits per heavy atom. The average Bonchev–Trinajstić information content (AvgIpc) is 3.79. The maximum absolute atomic E-state index is 13.8. The summed E-state index contributed by atoms with van der Waals surface area (Å²) in [5.74, 6) is 0. The number of para-hydroxylation sites is 3. The van der Waals surface area contributed by atoms with E-state index in [1.807, 2.05) is 24.3 Å². The molecule has 0 bridgehead atoms. The highest BCUT2D eigenvalue weighted by Gasteiger charge is 2.24. The van der Waals surface area contributed by atoms with Crippen molar-refractivity contribution in [3.63, 3.8) is 0 Å². The van der Waals surface area contributed by atoms with Gasteiger partial charge >= 0.3 is 5.63 Å². The van der Waals surface area contributed by atoms with E-state index in [0.717, 1.165) is 50.2 Å². The van der Waals surface area contributed by atoms with Crippen molar-refractivity contribution in [1.82, 2.24) is 9.13 Å². The fourth-order valence-corrected chi connectivity index (χ4v) is 8.40. The molecule has 0 spiro atoms. The summed E-state index contributed by atoms with van der Waals surface area (Å²) in [4.78, 5) is 13.8. The Balaban J connectivity index is 1.23. The fourth-order valence-electron chi connectivity index (χ4n) is 8.40. The molecule has 0 saturated carbocycles. The molecule has 4 heteroatoms. The summed E-state index contributed by atoms with van der Waals surface area (Å²) in [7, 11) is 0. The third-order valence-electron chi connectivity index (χ3n) is 10.4. The Morgan fingerprint density at radius 3 is 2.04 bits per heavy atom. The van der Waals surface area contributed by atoms with Crippen molar-refractivity contribution in [3.8, 4) is 22.5 Å². The quantitative estimate of drug-likeness (QED) is 0.144. The molecule has 0 radical (unpaired) electrons. The highest BCUT2D eigenvalue weighted by molar-refractivity contribution is 6.22. The first-order valence-electron chi connectivity index (χ1n) is 16.4. The lowest BCUT2D eigenvalue weighted by Crippen LogP contribution is -2.04. The van der Waals surface area contributed by atoms with Gasteiger partial charge in [-0.3, -0.25) is 0 Å². The van der Waals surface area contributed by atoms with E-state index < -0.39 is 0 Å². The molecule has 48 heavy (non-hydrogen) atoms. The van der Waals surface area contributed by atoms with Crippen LogP contribution >= 0.6 is 0 Å². The van der Waals surface area contributed by atoms with Crippen molar-refractivity contribution in [3.05, 3.63) is 167 Å². The van der Waals surface area contributed by atoms with Gasteiger partial charge in [0, 0.05) is 44.4 Å². The Morgan fingerprint density at radius 1 is 0.500 bits per heavy atom. The molecule has 3 heterocycles. The van der Waals surface area contributed by atoms with Crippen molar-refractivity contribution < 1.29 is 4.42 Å². The van der Waals surface area contributed by atoms with E-state index in [9.17, 15) is 4.79 Å². The van der Waals surface area contributed by atoms with Gasteiger partial charge in [-0.1, -0.05) is 103 Å². The Bertz CT molecular complexity index is 3070. The van der Waals surface area contributed by atoms with Gasteiger partial charge in [-0.2, -0.15) is 0 Å². The lowest BCUT2D eigenvalue weighted by atomic mass is 10.0. The van der Waals surface area contributed by atoms with Crippen molar-refractivity contribution in [2.75, 3.05) is 0 Å². The molecule has 10 aromatic rings. The first-order valence-corrected chi connectivity index (χ1v) is 16.4. The highest BCUT2D eigenvalue weighted by atomic mass is 16.4. The SMILES string of the molecule is O=c1oc2ccccc2c2ccc3c4ccccc4n(-c4ccc5c(c4)c4ccccc4n5-c4cccc5c4Cc4ccccc4-5)c3c12. The molecular formula is C44H26N2O2. The van der Waals surface area contributed by atoms with Crippen LogP contribution in [-0.2, 0) is 6.42 Å². The van der Waals surface area contributed by atoms with Gasteiger partial charge in [0.05, 0.1) is 33.1 Å². The van der Waals surface area contributed by atoms with Gasteiger partial charge in [0.1, 0.15) is 5.58 Å². The van der Waals surface area contributed by atoms with E-state index >= 15 is 0 Å². The van der Waals surface area contributed by atoms with Crippen molar-refractivity contribution in [2.24, 2.45) is 0 Å². The van der Waals surface area contributed by atoms with Crippen molar-refractivity contribution in [1.29, 1.82) is 0 Å². The van der Waals surface area contributed by atoms with Crippen molar-refractivity contribution >= 4 is 65.4 Å². The average molecular weight is 615 g/mol. The standard InChI is InChI=1S/C44H26N2O2/c47-44-42-33(32-14-5-8-19-41(32)48-44)21-22-34-30-12-3-6-16-37(30)45(43(34)42)27-20-23-40-36(25-27)31-13-4-7-17-38(31)46(40)39-18-9-15-29-28-11-2-1-10-26(28)24-35(29)39/h1-23,25H,24H2. The van der Waals surface area contributed by atoms with E-state index in [4.69, 9.17) is 4.42 Å². The van der Waals surface area contributed by atoms with Crippen LogP contribution in [0.1, 0.15) is 11.1 Å². The molecule has 0 atom stereocenters. The summed E-state index contributed by atoms with van der Waals surface area (Å²) in [5, 5.41) is 6.92. The van der Waals surface area contributed by atoms with Gasteiger partial charge < -0.3 is 13.6 Å². The summed E-state index contributed by atoms with van der Waals surface area (Å²) < 4.78 is 10.6. The second kappa shape index (κ2) is 9.34. The van der Waals surface area contributed by atoms with Crippen molar-refractivity contribution in [2.45, 2.75) is 6.42 Å². The number of fused-ring (bicyclic) bond motifs is 13. The van der Waals surface area contributed by atoms with Crippen LogP contribution in [0.4, 0.5) is 0 Å². The smallest absolute Gasteiger partial charge is 0.346 e.